The number of carbonyl (C=O) groups is 1. The summed E-state index contributed by atoms with van der Waals surface area (Å²) < 4.78 is 28.3. The third-order valence-electron chi connectivity index (χ3n) is 5.09. The number of benzene rings is 3. The van der Waals surface area contributed by atoms with Crippen LogP contribution in [-0.2, 0) is 27.8 Å². The molecule has 1 aliphatic heterocycles. The summed E-state index contributed by atoms with van der Waals surface area (Å²) in [4.78, 5) is 13.3. The molecule has 0 saturated carbocycles. The predicted molar refractivity (Wildman–Crippen MR) is 113 cm³/mol. The molecule has 1 atom stereocenters. The summed E-state index contributed by atoms with van der Waals surface area (Å²) in [5.74, 6) is -0.401. The highest BCUT2D eigenvalue weighted by molar-refractivity contribution is 7.89. The smallest absolute Gasteiger partial charge is 0.244 e. The zero-order chi connectivity index (χ0) is 21.1. The number of hydrogen-bond acceptors (Lipinski definition) is 4. The Morgan fingerprint density at radius 1 is 1.00 bits per heavy atom. The van der Waals surface area contributed by atoms with Crippen LogP contribution in [0.15, 0.2) is 83.8 Å². The second kappa shape index (κ2) is 8.11. The van der Waals surface area contributed by atoms with Gasteiger partial charge in [0.05, 0.1) is 16.5 Å². The molecule has 0 spiro atoms. The second-order valence-electron chi connectivity index (χ2n) is 7.04. The standard InChI is InChI=1S/C23H19N3O3S/c24-15-18-11-12-21-19(13-18)16-26(30(28,29)20-9-5-2-6-10-20)22(23(27)25-21)14-17-7-3-1-4-8-17/h1-13,22H,14,16H2,(H,25,27). The summed E-state index contributed by atoms with van der Waals surface area (Å²) in [5, 5.41) is 12.1. The molecule has 7 heteroatoms. The third kappa shape index (κ3) is 3.83. The van der Waals surface area contributed by atoms with Gasteiger partial charge >= 0.3 is 0 Å². The lowest BCUT2D eigenvalue weighted by Gasteiger charge is -2.28. The van der Waals surface area contributed by atoms with Gasteiger partial charge in [0, 0.05) is 12.2 Å². The highest BCUT2D eigenvalue weighted by Crippen LogP contribution is 2.30. The number of fused-ring (bicyclic) bond motifs is 1. The van der Waals surface area contributed by atoms with Gasteiger partial charge in [0.2, 0.25) is 15.9 Å². The molecule has 0 saturated heterocycles. The molecule has 0 fully saturated rings. The maximum atomic E-state index is 13.5. The molecule has 3 aromatic carbocycles. The van der Waals surface area contributed by atoms with Gasteiger partial charge < -0.3 is 5.32 Å². The van der Waals surface area contributed by atoms with Crippen molar-refractivity contribution in [3.63, 3.8) is 0 Å². The van der Waals surface area contributed by atoms with E-state index in [-0.39, 0.29) is 17.9 Å². The van der Waals surface area contributed by atoms with Crippen LogP contribution in [0.3, 0.4) is 0 Å². The summed E-state index contributed by atoms with van der Waals surface area (Å²) in [6.07, 6.45) is 0.234. The van der Waals surface area contributed by atoms with Crippen molar-refractivity contribution >= 4 is 21.6 Å². The average Bonchev–Trinajstić information content (AvgIpc) is 2.91. The van der Waals surface area contributed by atoms with Crippen molar-refractivity contribution < 1.29 is 13.2 Å². The maximum Gasteiger partial charge on any atom is 0.244 e. The van der Waals surface area contributed by atoms with E-state index in [0.29, 0.717) is 16.8 Å². The first-order valence-electron chi connectivity index (χ1n) is 9.44. The van der Waals surface area contributed by atoms with Gasteiger partial charge in [-0.25, -0.2) is 8.42 Å². The van der Waals surface area contributed by atoms with Gasteiger partial charge in [-0.1, -0.05) is 48.5 Å². The van der Waals surface area contributed by atoms with E-state index in [4.69, 9.17) is 0 Å². The number of anilines is 1. The number of amides is 1. The van der Waals surface area contributed by atoms with E-state index in [0.717, 1.165) is 5.56 Å². The van der Waals surface area contributed by atoms with Crippen LogP contribution in [0.2, 0.25) is 0 Å². The van der Waals surface area contributed by atoms with Gasteiger partial charge in [0.25, 0.3) is 0 Å². The van der Waals surface area contributed by atoms with Crippen LogP contribution in [-0.4, -0.2) is 24.7 Å². The molecule has 4 rings (SSSR count). The SMILES string of the molecule is N#Cc1ccc2c(c1)CN(S(=O)(=O)c1ccccc1)C(Cc1ccccc1)C(=O)N2. The summed E-state index contributed by atoms with van der Waals surface area (Å²) in [7, 11) is -3.96. The van der Waals surface area contributed by atoms with Crippen molar-refractivity contribution in [1.29, 1.82) is 5.26 Å². The molecule has 1 unspecified atom stereocenters. The summed E-state index contributed by atoms with van der Waals surface area (Å²) in [5.41, 5.74) is 2.36. The second-order valence-corrected chi connectivity index (χ2v) is 8.93. The Bertz CT molecular complexity index is 1220. The van der Waals surface area contributed by atoms with Gasteiger partial charge in [-0.05, 0) is 47.9 Å². The number of rotatable bonds is 4. The van der Waals surface area contributed by atoms with Crippen molar-refractivity contribution in [1.82, 2.24) is 4.31 Å². The number of hydrogen-bond donors (Lipinski definition) is 1. The quantitative estimate of drug-likeness (QED) is 0.705. The summed E-state index contributed by atoms with van der Waals surface area (Å²) >= 11 is 0. The topological polar surface area (TPSA) is 90.3 Å². The first kappa shape index (κ1) is 19.8. The van der Waals surface area contributed by atoms with E-state index in [2.05, 4.69) is 11.4 Å². The summed E-state index contributed by atoms with van der Waals surface area (Å²) in [6.45, 7) is -0.0156. The Balaban J connectivity index is 1.83. The Hall–Kier alpha value is -3.47. The van der Waals surface area contributed by atoms with Gasteiger partial charge in [-0.2, -0.15) is 9.57 Å². The minimum absolute atomic E-state index is 0.0156. The van der Waals surface area contributed by atoms with Crippen LogP contribution in [0.25, 0.3) is 0 Å². The normalized spacial score (nSPS) is 16.8. The predicted octanol–water partition coefficient (Wildman–Crippen LogP) is 3.31. The molecule has 6 nitrogen and oxygen atoms in total. The van der Waals surface area contributed by atoms with Crippen LogP contribution in [0.1, 0.15) is 16.7 Å². The van der Waals surface area contributed by atoms with E-state index >= 15 is 0 Å². The Morgan fingerprint density at radius 3 is 2.33 bits per heavy atom. The molecule has 1 heterocycles. The fraction of sp³-hybridized carbons (Fsp3) is 0.130. The molecule has 0 aliphatic carbocycles. The first-order valence-corrected chi connectivity index (χ1v) is 10.9. The van der Waals surface area contributed by atoms with Crippen molar-refractivity contribution in [3.05, 3.63) is 95.6 Å². The third-order valence-corrected chi connectivity index (χ3v) is 6.96. The molecule has 0 bridgehead atoms. The molecule has 1 aliphatic rings. The highest BCUT2D eigenvalue weighted by Gasteiger charge is 2.38. The van der Waals surface area contributed by atoms with Crippen LogP contribution in [0, 0.1) is 11.3 Å². The molecular weight excluding hydrogens is 398 g/mol. The number of sulfonamides is 1. The number of nitrogens with zero attached hydrogens (tertiary/aromatic N) is 2. The van der Waals surface area contributed by atoms with Gasteiger partial charge in [-0.3, -0.25) is 4.79 Å². The first-order chi connectivity index (χ1) is 14.5. The van der Waals surface area contributed by atoms with Crippen molar-refractivity contribution in [2.45, 2.75) is 23.9 Å². The lowest BCUT2D eigenvalue weighted by atomic mass is 10.1. The van der Waals surface area contributed by atoms with E-state index in [1.807, 2.05) is 30.3 Å². The minimum Gasteiger partial charge on any atom is -0.324 e. The van der Waals surface area contributed by atoms with Crippen molar-refractivity contribution in [3.8, 4) is 6.07 Å². The van der Waals surface area contributed by atoms with E-state index < -0.39 is 22.0 Å². The Labute approximate surface area is 175 Å². The van der Waals surface area contributed by atoms with Gasteiger partial charge in [0.15, 0.2) is 0 Å². The molecule has 30 heavy (non-hydrogen) atoms. The Morgan fingerprint density at radius 2 is 1.67 bits per heavy atom. The molecule has 0 aromatic heterocycles. The molecule has 0 radical (unpaired) electrons. The zero-order valence-electron chi connectivity index (χ0n) is 16.0. The monoisotopic (exact) mass is 417 g/mol. The van der Waals surface area contributed by atoms with Crippen molar-refractivity contribution in [2.75, 3.05) is 5.32 Å². The lowest BCUT2D eigenvalue weighted by Crippen LogP contribution is -2.46. The highest BCUT2D eigenvalue weighted by atomic mass is 32.2. The van der Waals surface area contributed by atoms with E-state index in [1.54, 1.807) is 36.4 Å². The lowest BCUT2D eigenvalue weighted by molar-refractivity contribution is -0.119. The van der Waals surface area contributed by atoms with Crippen molar-refractivity contribution in [2.24, 2.45) is 0 Å². The average molecular weight is 417 g/mol. The van der Waals surface area contributed by atoms with E-state index in [9.17, 15) is 18.5 Å². The number of nitrogens with one attached hydrogen (secondary N) is 1. The molecular formula is C23H19N3O3S. The number of carbonyl (C=O) groups excluding carboxylic acids is 1. The van der Waals surface area contributed by atoms with E-state index in [1.165, 1.54) is 16.4 Å². The fourth-order valence-electron chi connectivity index (χ4n) is 3.55. The van der Waals surface area contributed by atoms with Gasteiger partial charge in [-0.15, -0.1) is 0 Å². The molecule has 150 valence electrons. The van der Waals surface area contributed by atoms with Crippen LogP contribution < -0.4 is 5.32 Å². The molecule has 3 aromatic rings. The Kier molecular flexibility index (Phi) is 5.36. The van der Waals surface area contributed by atoms with Crippen LogP contribution >= 0.6 is 0 Å². The fourth-order valence-corrected chi connectivity index (χ4v) is 5.14. The maximum absolute atomic E-state index is 13.5. The largest absolute Gasteiger partial charge is 0.324 e. The molecule has 1 N–H and O–H groups in total. The van der Waals surface area contributed by atoms with Gasteiger partial charge in [0.1, 0.15) is 6.04 Å². The number of nitriles is 1. The molecule has 1 amide bonds. The van der Waals surface area contributed by atoms with Crippen LogP contribution in [0.4, 0.5) is 5.69 Å². The zero-order valence-corrected chi connectivity index (χ0v) is 16.8. The minimum atomic E-state index is -3.96. The summed E-state index contributed by atoms with van der Waals surface area (Å²) in [6, 6.07) is 23.4. The van der Waals surface area contributed by atoms with Crippen LogP contribution in [0.5, 0.6) is 0 Å².